The molecule has 3 aromatic rings. The molecule has 0 bridgehead atoms. The van der Waals surface area contributed by atoms with E-state index in [1.165, 1.54) is 6.20 Å². The molecule has 0 unspecified atom stereocenters. The number of hydrogen-bond acceptors (Lipinski definition) is 3. The van der Waals surface area contributed by atoms with Crippen molar-refractivity contribution in [3.8, 4) is 0 Å². The Morgan fingerprint density at radius 3 is 2.70 bits per heavy atom. The first-order chi connectivity index (χ1) is 9.63. The number of carbonyl (C=O) groups is 1. The molecule has 0 aliphatic carbocycles. The van der Waals surface area contributed by atoms with Crippen LogP contribution in [0, 0.1) is 0 Å². The van der Waals surface area contributed by atoms with Gasteiger partial charge in [-0.25, -0.2) is 0 Å². The van der Waals surface area contributed by atoms with E-state index >= 15 is 0 Å². The Bertz CT molecular complexity index is 797. The first-order valence-electron chi connectivity index (χ1n) is 5.93. The lowest BCUT2D eigenvalue weighted by Gasteiger charge is -2.05. The molecule has 1 aromatic heterocycles. The second-order valence-electron chi connectivity index (χ2n) is 4.36. The number of rotatable bonds is 2. The van der Waals surface area contributed by atoms with Gasteiger partial charge in [-0.1, -0.05) is 28.1 Å². The van der Waals surface area contributed by atoms with Gasteiger partial charge in [0.15, 0.2) is 5.82 Å². The number of benzene rings is 2. The number of aromatic nitrogens is 2. The third-order valence-electron chi connectivity index (χ3n) is 2.97. The van der Waals surface area contributed by atoms with Crippen LogP contribution in [0.1, 0.15) is 10.4 Å². The second-order valence-corrected chi connectivity index (χ2v) is 5.28. The number of amides is 1. The summed E-state index contributed by atoms with van der Waals surface area (Å²) in [5, 5.41) is 11.2. The van der Waals surface area contributed by atoms with Gasteiger partial charge in [-0.15, -0.1) is 0 Å². The fraction of sp³-hybridized carbons (Fsp3) is 0. The first-order valence-corrected chi connectivity index (χ1v) is 6.72. The van der Waals surface area contributed by atoms with E-state index in [4.69, 9.17) is 5.73 Å². The molecule has 0 radical (unpaired) electrons. The molecular formula is C14H11BrN4O. The van der Waals surface area contributed by atoms with Crippen LogP contribution in [0.4, 0.5) is 11.5 Å². The van der Waals surface area contributed by atoms with Gasteiger partial charge < -0.3 is 11.1 Å². The summed E-state index contributed by atoms with van der Waals surface area (Å²) in [4.78, 5) is 12.2. The van der Waals surface area contributed by atoms with Gasteiger partial charge in [-0.2, -0.15) is 5.10 Å². The van der Waals surface area contributed by atoms with Crippen molar-refractivity contribution in [1.82, 2.24) is 10.2 Å². The number of nitrogens with two attached hydrogens (primary N) is 1. The highest BCUT2D eigenvalue weighted by atomic mass is 79.9. The van der Waals surface area contributed by atoms with Crippen LogP contribution in [0.15, 0.2) is 47.1 Å². The number of nitrogens with one attached hydrogen (secondary N) is 2. The third kappa shape index (κ3) is 2.37. The molecule has 3 rings (SSSR count). The smallest absolute Gasteiger partial charge is 0.256 e. The van der Waals surface area contributed by atoms with Gasteiger partial charge >= 0.3 is 0 Å². The Kier molecular flexibility index (Phi) is 3.15. The van der Waals surface area contributed by atoms with Gasteiger partial charge in [0.25, 0.3) is 5.91 Å². The number of hydrogen-bond donors (Lipinski definition) is 3. The highest BCUT2D eigenvalue weighted by Gasteiger charge is 2.10. The summed E-state index contributed by atoms with van der Waals surface area (Å²) in [6.07, 6.45) is 1.45. The van der Waals surface area contributed by atoms with Crippen LogP contribution in [0.3, 0.4) is 0 Å². The lowest BCUT2D eigenvalue weighted by molar-refractivity contribution is 0.102. The van der Waals surface area contributed by atoms with E-state index in [0.717, 1.165) is 15.2 Å². The number of aromatic amines is 1. The topological polar surface area (TPSA) is 83.8 Å². The van der Waals surface area contributed by atoms with Crippen LogP contribution < -0.4 is 11.1 Å². The summed E-state index contributed by atoms with van der Waals surface area (Å²) in [7, 11) is 0. The monoisotopic (exact) mass is 330 g/mol. The number of carbonyl (C=O) groups excluding carboxylic acids is 1. The van der Waals surface area contributed by atoms with Crippen LogP contribution in [0.25, 0.3) is 10.8 Å². The molecule has 5 nitrogen and oxygen atoms in total. The minimum atomic E-state index is -0.231. The summed E-state index contributed by atoms with van der Waals surface area (Å²) in [6.45, 7) is 0. The minimum absolute atomic E-state index is 0.231. The molecule has 0 spiro atoms. The van der Waals surface area contributed by atoms with E-state index < -0.39 is 0 Å². The summed E-state index contributed by atoms with van der Waals surface area (Å²) in [5.41, 5.74) is 6.63. The van der Waals surface area contributed by atoms with Crippen molar-refractivity contribution in [3.63, 3.8) is 0 Å². The number of nitrogens with zero attached hydrogens (tertiary/aromatic N) is 1. The van der Waals surface area contributed by atoms with Crippen molar-refractivity contribution in [2.45, 2.75) is 0 Å². The van der Waals surface area contributed by atoms with Gasteiger partial charge in [-0.3, -0.25) is 9.89 Å². The second kappa shape index (κ2) is 4.97. The maximum absolute atomic E-state index is 12.2. The molecule has 0 saturated heterocycles. The quantitative estimate of drug-likeness (QED) is 0.674. The molecule has 2 aromatic carbocycles. The maximum Gasteiger partial charge on any atom is 0.256 e. The molecule has 6 heteroatoms. The molecule has 0 aliphatic heterocycles. The first kappa shape index (κ1) is 12.7. The molecule has 0 aliphatic rings. The summed E-state index contributed by atoms with van der Waals surface area (Å²) < 4.78 is 1.01. The molecular weight excluding hydrogens is 320 g/mol. The van der Waals surface area contributed by atoms with Crippen LogP contribution in [0.5, 0.6) is 0 Å². The van der Waals surface area contributed by atoms with Gasteiger partial charge in [0, 0.05) is 10.0 Å². The predicted molar refractivity (Wildman–Crippen MR) is 82.6 cm³/mol. The Balaban J connectivity index is 1.92. The molecule has 100 valence electrons. The predicted octanol–water partition coefficient (Wildman–Crippen LogP) is 3.16. The van der Waals surface area contributed by atoms with Gasteiger partial charge in [0.05, 0.1) is 11.9 Å². The Morgan fingerprint density at radius 2 is 1.95 bits per heavy atom. The summed E-state index contributed by atoms with van der Waals surface area (Å²) in [6, 6.07) is 11.4. The average Bonchev–Trinajstić information content (AvgIpc) is 2.83. The van der Waals surface area contributed by atoms with Gasteiger partial charge in [0.1, 0.15) is 0 Å². The number of halogens is 1. The van der Waals surface area contributed by atoms with Gasteiger partial charge in [-0.05, 0) is 35.0 Å². The molecule has 4 N–H and O–H groups in total. The summed E-state index contributed by atoms with van der Waals surface area (Å²) in [5.74, 6) is 0.177. The van der Waals surface area contributed by atoms with Crippen molar-refractivity contribution in [3.05, 3.63) is 52.6 Å². The van der Waals surface area contributed by atoms with Crippen molar-refractivity contribution in [2.75, 3.05) is 11.1 Å². The van der Waals surface area contributed by atoms with Crippen LogP contribution >= 0.6 is 15.9 Å². The number of fused-ring (bicyclic) bond motifs is 1. The minimum Gasteiger partial charge on any atom is -0.394 e. The van der Waals surface area contributed by atoms with E-state index in [2.05, 4.69) is 31.4 Å². The molecule has 0 fully saturated rings. The standard InChI is InChI=1S/C14H11BrN4O/c15-11-4-3-8-5-10(2-1-9(8)6-11)14(20)18-13-12(16)7-17-19-13/h1-7H,16H2,(H2,17,18,19,20). The lowest BCUT2D eigenvalue weighted by Crippen LogP contribution is -2.13. The highest BCUT2D eigenvalue weighted by molar-refractivity contribution is 9.10. The fourth-order valence-electron chi connectivity index (χ4n) is 1.94. The van der Waals surface area contributed by atoms with Crippen LogP contribution in [-0.4, -0.2) is 16.1 Å². The Hall–Kier alpha value is -2.34. The zero-order chi connectivity index (χ0) is 14.1. The molecule has 1 heterocycles. The Labute approximate surface area is 123 Å². The van der Waals surface area contributed by atoms with E-state index in [9.17, 15) is 4.79 Å². The average molecular weight is 331 g/mol. The fourth-order valence-corrected chi connectivity index (χ4v) is 2.32. The molecule has 0 saturated carbocycles. The largest absolute Gasteiger partial charge is 0.394 e. The molecule has 0 atom stereocenters. The normalized spacial score (nSPS) is 10.7. The van der Waals surface area contributed by atoms with Crippen molar-refractivity contribution in [2.24, 2.45) is 0 Å². The van der Waals surface area contributed by atoms with Crippen LogP contribution in [0.2, 0.25) is 0 Å². The summed E-state index contributed by atoms with van der Waals surface area (Å²) >= 11 is 3.42. The number of nitrogen functional groups attached to an aromatic ring is 1. The van der Waals surface area contributed by atoms with Crippen molar-refractivity contribution < 1.29 is 4.79 Å². The van der Waals surface area contributed by atoms with Crippen molar-refractivity contribution in [1.29, 1.82) is 0 Å². The molecule has 20 heavy (non-hydrogen) atoms. The zero-order valence-electron chi connectivity index (χ0n) is 10.4. The maximum atomic E-state index is 12.2. The zero-order valence-corrected chi connectivity index (χ0v) is 11.9. The lowest BCUT2D eigenvalue weighted by atomic mass is 10.1. The van der Waals surface area contributed by atoms with E-state index in [1.807, 2.05) is 30.3 Å². The van der Waals surface area contributed by atoms with E-state index in [0.29, 0.717) is 17.1 Å². The number of anilines is 2. The van der Waals surface area contributed by atoms with E-state index in [1.54, 1.807) is 6.07 Å². The Morgan fingerprint density at radius 1 is 1.20 bits per heavy atom. The third-order valence-corrected chi connectivity index (χ3v) is 3.46. The van der Waals surface area contributed by atoms with Gasteiger partial charge in [0.2, 0.25) is 0 Å². The van der Waals surface area contributed by atoms with Crippen LogP contribution in [-0.2, 0) is 0 Å². The SMILES string of the molecule is Nc1cn[nH]c1NC(=O)c1ccc2cc(Br)ccc2c1. The highest BCUT2D eigenvalue weighted by Crippen LogP contribution is 2.22. The number of H-pyrrole nitrogens is 1. The van der Waals surface area contributed by atoms with Crippen molar-refractivity contribution >= 4 is 44.1 Å². The molecule has 1 amide bonds. The van der Waals surface area contributed by atoms with E-state index in [-0.39, 0.29) is 5.91 Å².